The molecule has 1 heterocycles. The molecule has 0 saturated carbocycles. The van der Waals surface area contributed by atoms with Gasteiger partial charge in [-0.3, -0.25) is 4.98 Å². The highest BCUT2D eigenvalue weighted by Gasteiger charge is 2.00. The minimum Gasteiger partial charge on any atom is -0.377 e. The zero-order chi connectivity index (χ0) is 11.4. The maximum atomic E-state index is 8.61. The van der Waals surface area contributed by atoms with E-state index >= 15 is 0 Å². The Bertz CT molecular complexity index is 517. The van der Waals surface area contributed by atoms with Gasteiger partial charge >= 0.3 is 0 Å². The number of fused-ring (bicyclic) bond motifs is 1. The standard InChI is InChI=1S/C10H10N4OS/c15-6-12-10(16)14-9-5-11-7-3-1-2-4-8(7)13-9/h1-5,15H,6H2,(H2,12,13,14,16). The number of nitrogens with one attached hydrogen (secondary N) is 2. The minimum atomic E-state index is -0.215. The van der Waals surface area contributed by atoms with E-state index in [-0.39, 0.29) is 6.73 Å². The third-order valence-corrected chi connectivity index (χ3v) is 2.18. The number of hydrogen-bond donors (Lipinski definition) is 3. The molecule has 6 heteroatoms. The normalized spacial score (nSPS) is 10.1. The Morgan fingerprint density at radius 2 is 2.06 bits per heavy atom. The predicted molar refractivity (Wildman–Crippen MR) is 66.0 cm³/mol. The highest BCUT2D eigenvalue weighted by molar-refractivity contribution is 7.80. The number of thiocarbonyl (C=S) groups is 1. The molecule has 0 atom stereocenters. The molecule has 0 aliphatic carbocycles. The van der Waals surface area contributed by atoms with Crippen LogP contribution in [0.1, 0.15) is 0 Å². The van der Waals surface area contributed by atoms with Crippen molar-refractivity contribution in [1.82, 2.24) is 15.3 Å². The van der Waals surface area contributed by atoms with E-state index in [4.69, 9.17) is 17.3 Å². The largest absolute Gasteiger partial charge is 0.377 e. The van der Waals surface area contributed by atoms with E-state index in [0.717, 1.165) is 11.0 Å². The van der Waals surface area contributed by atoms with Crippen molar-refractivity contribution in [3.8, 4) is 0 Å². The molecular formula is C10H10N4OS. The fourth-order valence-corrected chi connectivity index (χ4v) is 1.42. The van der Waals surface area contributed by atoms with E-state index in [9.17, 15) is 0 Å². The summed E-state index contributed by atoms with van der Waals surface area (Å²) < 4.78 is 0. The topological polar surface area (TPSA) is 70.1 Å². The molecule has 82 valence electrons. The molecule has 1 aromatic carbocycles. The van der Waals surface area contributed by atoms with Crippen LogP contribution in [-0.2, 0) is 0 Å². The van der Waals surface area contributed by atoms with Gasteiger partial charge in [0.2, 0.25) is 0 Å². The quantitative estimate of drug-likeness (QED) is 0.529. The summed E-state index contributed by atoms with van der Waals surface area (Å²) in [7, 11) is 0. The van der Waals surface area contributed by atoms with Crippen molar-refractivity contribution in [2.75, 3.05) is 12.0 Å². The molecule has 0 radical (unpaired) electrons. The number of rotatable bonds is 2. The molecule has 3 N–H and O–H groups in total. The number of aromatic nitrogens is 2. The summed E-state index contributed by atoms with van der Waals surface area (Å²) in [5.41, 5.74) is 1.62. The van der Waals surface area contributed by atoms with Crippen molar-refractivity contribution in [3.05, 3.63) is 30.5 Å². The van der Waals surface area contributed by atoms with Gasteiger partial charge < -0.3 is 15.7 Å². The van der Waals surface area contributed by atoms with Gasteiger partial charge in [0.1, 0.15) is 6.73 Å². The molecule has 0 spiro atoms. The first-order valence-electron chi connectivity index (χ1n) is 4.67. The van der Waals surface area contributed by atoms with Crippen molar-refractivity contribution < 1.29 is 5.11 Å². The van der Waals surface area contributed by atoms with Crippen LogP contribution in [0.2, 0.25) is 0 Å². The van der Waals surface area contributed by atoms with Gasteiger partial charge in [0.25, 0.3) is 0 Å². The number of benzene rings is 1. The zero-order valence-electron chi connectivity index (χ0n) is 8.34. The second-order valence-corrected chi connectivity index (χ2v) is 3.44. The lowest BCUT2D eigenvalue weighted by atomic mass is 10.3. The van der Waals surface area contributed by atoms with Crippen LogP contribution >= 0.6 is 12.2 Å². The van der Waals surface area contributed by atoms with Gasteiger partial charge in [-0.25, -0.2) is 4.98 Å². The van der Waals surface area contributed by atoms with Gasteiger partial charge in [-0.05, 0) is 24.4 Å². The predicted octanol–water partition coefficient (Wildman–Crippen LogP) is 0.866. The number of hydrogen-bond acceptors (Lipinski definition) is 4. The fourth-order valence-electron chi connectivity index (χ4n) is 1.25. The summed E-state index contributed by atoms with van der Waals surface area (Å²) in [6.45, 7) is -0.215. The van der Waals surface area contributed by atoms with Gasteiger partial charge in [0.15, 0.2) is 10.9 Å². The molecule has 0 fully saturated rings. The van der Waals surface area contributed by atoms with E-state index in [1.807, 2.05) is 24.3 Å². The van der Waals surface area contributed by atoms with E-state index in [2.05, 4.69) is 20.6 Å². The highest BCUT2D eigenvalue weighted by Crippen LogP contribution is 2.10. The number of aliphatic hydroxyl groups excluding tert-OH is 1. The lowest BCUT2D eigenvalue weighted by molar-refractivity contribution is 0.287. The van der Waals surface area contributed by atoms with Crippen molar-refractivity contribution >= 4 is 34.2 Å². The van der Waals surface area contributed by atoms with Gasteiger partial charge in [-0.15, -0.1) is 0 Å². The average molecular weight is 234 g/mol. The molecule has 1 aromatic heterocycles. The second-order valence-electron chi connectivity index (χ2n) is 3.03. The van der Waals surface area contributed by atoms with Crippen molar-refractivity contribution in [1.29, 1.82) is 0 Å². The Morgan fingerprint density at radius 1 is 1.31 bits per heavy atom. The molecule has 0 amide bonds. The molecular weight excluding hydrogens is 224 g/mol. The molecule has 2 aromatic rings. The maximum absolute atomic E-state index is 8.61. The van der Waals surface area contributed by atoms with Crippen molar-refractivity contribution in [3.63, 3.8) is 0 Å². The smallest absolute Gasteiger partial charge is 0.173 e. The number of anilines is 1. The summed E-state index contributed by atoms with van der Waals surface area (Å²) >= 11 is 4.91. The third-order valence-electron chi connectivity index (χ3n) is 1.93. The van der Waals surface area contributed by atoms with Crippen molar-refractivity contribution in [2.24, 2.45) is 0 Å². The maximum Gasteiger partial charge on any atom is 0.173 e. The van der Waals surface area contributed by atoms with Crippen LogP contribution in [0.5, 0.6) is 0 Å². The first-order chi connectivity index (χ1) is 7.79. The van der Waals surface area contributed by atoms with E-state index in [0.29, 0.717) is 10.9 Å². The number of aliphatic hydroxyl groups is 1. The average Bonchev–Trinajstić information content (AvgIpc) is 2.29. The first-order valence-corrected chi connectivity index (χ1v) is 5.08. The van der Waals surface area contributed by atoms with Gasteiger partial charge in [0.05, 0.1) is 17.2 Å². The molecule has 5 nitrogen and oxygen atoms in total. The molecule has 0 saturated heterocycles. The van der Waals surface area contributed by atoms with E-state index in [1.54, 1.807) is 6.20 Å². The fraction of sp³-hybridized carbons (Fsp3) is 0.100. The van der Waals surface area contributed by atoms with Gasteiger partial charge in [0, 0.05) is 0 Å². The van der Waals surface area contributed by atoms with Crippen LogP contribution in [0, 0.1) is 0 Å². The Hall–Kier alpha value is -1.79. The van der Waals surface area contributed by atoms with Crippen LogP contribution in [0.15, 0.2) is 30.5 Å². The molecule has 0 aliphatic rings. The van der Waals surface area contributed by atoms with Crippen molar-refractivity contribution in [2.45, 2.75) is 0 Å². The summed E-state index contributed by atoms with van der Waals surface area (Å²) in [5, 5.41) is 14.3. The summed E-state index contributed by atoms with van der Waals surface area (Å²) in [4.78, 5) is 8.53. The summed E-state index contributed by atoms with van der Waals surface area (Å²) in [5.74, 6) is 0.546. The lowest BCUT2D eigenvalue weighted by Gasteiger charge is -2.07. The summed E-state index contributed by atoms with van der Waals surface area (Å²) in [6, 6.07) is 7.56. The Labute approximate surface area is 97.5 Å². The number of nitrogens with zero attached hydrogens (tertiary/aromatic N) is 2. The Balaban J connectivity index is 2.22. The third kappa shape index (κ3) is 2.41. The number of para-hydroxylation sites is 2. The van der Waals surface area contributed by atoms with Crippen LogP contribution in [0.25, 0.3) is 11.0 Å². The van der Waals surface area contributed by atoms with E-state index < -0.39 is 0 Å². The van der Waals surface area contributed by atoms with Crippen LogP contribution in [-0.4, -0.2) is 26.9 Å². The van der Waals surface area contributed by atoms with Crippen LogP contribution < -0.4 is 10.6 Å². The SMILES string of the molecule is OCNC(=S)Nc1cnc2ccccc2n1. The first kappa shape index (κ1) is 10.7. The Morgan fingerprint density at radius 3 is 2.81 bits per heavy atom. The zero-order valence-corrected chi connectivity index (χ0v) is 9.16. The minimum absolute atomic E-state index is 0.215. The molecule has 2 rings (SSSR count). The van der Waals surface area contributed by atoms with Gasteiger partial charge in [-0.1, -0.05) is 12.1 Å². The molecule has 16 heavy (non-hydrogen) atoms. The van der Waals surface area contributed by atoms with Crippen LogP contribution in [0.4, 0.5) is 5.82 Å². The lowest BCUT2D eigenvalue weighted by Crippen LogP contribution is -2.29. The van der Waals surface area contributed by atoms with Crippen LogP contribution in [0.3, 0.4) is 0 Å². The highest BCUT2D eigenvalue weighted by atomic mass is 32.1. The monoisotopic (exact) mass is 234 g/mol. The molecule has 0 bridgehead atoms. The molecule has 0 unspecified atom stereocenters. The Kier molecular flexibility index (Phi) is 3.23. The molecule has 0 aliphatic heterocycles. The van der Waals surface area contributed by atoms with E-state index in [1.165, 1.54) is 0 Å². The second kappa shape index (κ2) is 4.82. The summed E-state index contributed by atoms with van der Waals surface area (Å²) in [6.07, 6.45) is 1.59. The van der Waals surface area contributed by atoms with Gasteiger partial charge in [-0.2, -0.15) is 0 Å².